The molecule has 2 nitrogen and oxygen atoms in total. The fraction of sp³-hybridized carbons (Fsp3) is 0.0526. The van der Waals surface area contributed by atoms with E-state index in [1.165, 1.54) is 0 Å². The molecule has 0 amide bonds. The summed E-state index contributed by atoms with van der Waals surface area (Å²) in [6, 6.07) is 29.7. The average molecular weight is 273 g/mol. The maximum atomic E-state index is 5.77. The molecule has 3 rings (SSSR count). The first-order chi connectivity index (χ1) is 10.4. The monoisotopic (exact) mass is 273 g/mol. The Kier molecular flexibility index (Phi) is 3.99. The summed E-state index contributed by atoms with van der Waals surface area (Å²) in [6.45, 7) is 0.541. The minimum atomic E-state index is 0.541. The van der Waals surface area contributed by atoms with E-state index in [0.29, 0.717) is 6.54 Å². The molecule has 3 aromatic rings. The van der Waals surface area contributed by atoms with Crippen LogP contribution in [0.2, 0.25) is 0 Å². The van der Waals surface area contributed by atoms with Crippen LogP contribution in [0.1, 0.15) is 5.56 Å². The first-order valence-electron chi connectivity index (χ1n) is 6.99. The van der Waals surface area contributed by atoms with Gasteiger partial charge in [-0.3, -0.25) is 0 Å². The average Bonchev–Trinajstić information content (AvgIpc) is 2.57. The van der Waals surface area contributed by atoms with Crippen molar-refractivity contribution < 1.29 is 0 Å². The van der Waals surface area contributed by atoms with Crippen molar-refractivity contribution in [3.8, 4) is 0 Å². The number of anilines is 3. The van der Waals surface area contributed by atoms with Gasteiger partial charge in [-0.25, -0.2) is 0 Å². The third-order valence-corrected chi connectivity index (χ3v) is 3.38. The van der Waals surface area contributed by atoms with Gasteiger partial charge in [0.2, 0.25) is 0 Å². The molecule has 0 heterocycles. The van der Waals surface area contributed by atoms with Crippen LogP contribution in [-0.2, 0) is 6.54 Å². The van der Waals surface area contributed by atoms with E-state index in [1.54, 1.807) is 0 Å². The Morgan fingerprint density at radius 2 is 1.43 bits per heavy atom. The topological polar surface area (TPSA) is 29.3 Å². The summed E-state index contributed by atoms with van der Waals surface area (Å²) in [7, 11) is 0. The molecule has 0 aliphatic rings. The van der Waals surface area contributed by atoms with Crippen molar-refractivity contribution in [2.45, 2.75) is 6.54 Å². The molecule has 0 aromatic heterocycles. The SMILES string of the molecule is NCc1cccc(N(c2cc[c]cc2)c2ccccc2)c1. The molecule has 2 heteroatoms. The number of hydrogen-bond acceptors (Lipinski definition) is 2. The lowest BCUT2D eigenvalue weighted by molar-refractivity contribution is 1.07. The molecule has 1 radical (unpaired) electrons. The van der Waals surface area contributed by atoms with Gasteiger partial charge in [-0.1, -0.05) is 42.5 Å². The number of benzene rings is 3. The zero-order valence-corrected chi connectivity index (χ0v) is 11.7. The van der Waals surface area contributed by atoms with Gasteiger partial charge in [-0.05, 0) is 48.0 Å². The molecule has 0 spiro atoms. The van der Waals surface area contributed by atoms with E-state index in [4.69, 9.17) is 5.73 Å². The largest absolute Gasteiger partial charge is 0.326 e. The lowest BCUT2D eigenvalue weighted by Crippen LogP contribution is -2.10. The third kappa shape index (κ3) is 2.96. The summed E-state index contributed by atoms with van der Waals surface area (Å²) in [5.74, 6) is 0. The van der Waals surface area contributed by atoms with Crippen LogP contribution in [-0.4, -0.2) is 0 Å². The van der Waals surface area contributed by atoms with Crippen LogP contribution in [0, 0.1) is 6.07 Å². The van der Waals surface area contributed by atoms with Gasteiger partial charge in [0, 0.05) is 23.6 Å². The van der Waals surface area contributed by atoms with E-state index in [0.717, 1.165) is 22.6 Å². The van der Waals surface area contributed by atoms with Crippen LogP contribution in [0.4, 0.5) is 17.1 Å². The van der Waals surface area contributed by atoms with E-state index in [1.807, 2.05) is 42.5 Å². The lowest BCUT2D eigenvalue weighted by atomic mass is 10.1. The van der Waals surface area contributed by atoms with Crippen LogP contribution < -0.4 is 10.6 Å². The van der Waals surface area contributed by atoms with Gasteiger partial charge in [0.05, 0.1) is 0 Å². The predicted octanol–water partition coefficient (Wildman–Crippen LogP) is 4.42. The third-order valence-electron chi connectivity index (χ3n) is 3.38. The summed E-state index contributed by atoms with van der Waals surface area (Å²) in [4.78, 5) is 2.22. The molecule has 103 valence electrons. The van der Waals surface area contributed by atoms with Crippen molar-refractivity contribution in [1.82, 2.24) is 0 Å². The zero-order chi connectivity index (χ0) is 14.5. The fourth-order valence-corrected chi connectivity index (χ4v) is 2.37. The van der Waals surface area contributed by atoms with Gasteiger partial charge < -0.3 is 10.6 Å². The first-order valence-corrected chi connectivity index (χ1v) is 6.99. The molecule has 0 saturated heterocycles. The van der Waals surface area contributed by atoms with E-state index >= 15 is 0 Å². The normalized spacial score (nSPS) is 10.3. The number of nitrogens with two attached hydrogens (primary N) is 1. The van der Waals surface area contributed by atoms with Gasteiger partial charge >= 0.3 is 0 Å². The van der Waals surface area contributed by atoms with Crippen molar-refractivity contribution in [2.75, 3.05) is 4.90 Å². The number of para-hydroxylation sites is 1. The van der Waals surface area contributed by atoms with Crippen LogP contribution in [0.15, 0.2) is 78.9 Å². The smallest absolute Gasteiger partial charge is 0.0464 e. The maximum Gasteiger partial charge on any atom is 0.0464 e. The summed E-state index contributed by atoms with van der Waals surface area (Å²) < 4.78 is 0. The minimum Gasteiger partial charge on any atom is -0.326 e. The van der Waals surface area contributed by atoms with E-state index in [2.05, 4.69) is 47.4 Å². The van der Waals surface area contributed by atoms with Crippen LogP contribution in [0.5, 0.6) is 0 Å². The summed E-state index contributed by atoms with van der Waals surface area (Å²) in [6.07, 6.45) is 0. The minimum absolute atomic E-state index is 0.541. The second-order valence-corrected chi connectivity index (χ2v) is 4.80. The summed E-state index contributed by atoms with van der Waals surface area (Å²) in [5, 5.41) is 0. The Labute approximate surface area is 125 Å². The fourth-order valence-electron chi connectivity index (χ4n) is 2.37. The molecule has 0 fully saturated rings. The first kappa shape index (κ1) is 13.4. The van der Waals surface area contributed by atoms with Gasteiger partial charge in [0.25, 0.3) is 0 Å². The second-order valence-electron chi connectivity index (χ2n) is 4.80. The molecule has 0 saturated carbocycles. The van der Waals surface area contributed by atoms with Crippen molar-refractivity contribution in [1.29, 1.82) is 0 Å². The lowest BCUT2D eigenvalue weighted by Gasteiger charge is -2.25. The standard InChI is InChI=1S/C19H17N2/c20-15-16-8-7-13-19(14-16)21(17-9-3-1-4-10-17)18-11-5-2-6-12-18/h1,3-14H,15,20H2. The molecular formula is C19H17N2. The maximum absolute atomic E-state index is 5.77. The van der Waals surface area contributed by atoms with Gasteiger partial charge in [0.15, 0.2) is 0 Å². The van der Waals surface area contributed by atoms with Crippen molar-refractivity contribution in [3.05, 3.63) is 90.5 Å². The molecule has 0 aliphatic heterocycles. The molecular weight excluding hydrogens is 256 g/mol. The quantitative estimate of drug-likeness (QED) is 0.762. The highest BCUT2D eigenvalue weighted by molar-refractivity contribution is 5.76. The Morgan fingerprint density at radius 3 is 2.14 bits per heavy atom. The van der Waals surface area contributed by atoms with Crippen LogP contribution in [0.25, 0.3) is 0 Å². The van der Waals surface area contributed by atoms with Gasteiger partial charge in [0.1, 0.15) is 0 Å². The molecule has 0 atom stereocenters. The number of hydrogen-bond donors (Lipinski definition) is 1. The highest BCUT2D eigenvalue weighted by atomic mass is 15.1. The highest BCUT2D eigenvalue weighted by Crippen LogP contribution is 2.34. The van der Waals surface area contributed by atoms with E-state index in [-0.39, 0.29) is 0 Å². The Morgan fingerprint density at radius 1 is 0.762 bits per heavy atom. The zero-order valence-electron chi connectivity index (χ0n) is 11.7. The number of nitrogens with zero attached hydrogens (tertiary/aromatic N) is 1. The summed E-state index contributed by atoms with van der Waals surface area (Å²) in [5.41, 5.74) is 10.2. The van der Waals surface area contributed by atoms with Gasteiger partial charge in [-0.15, -0.1) is 0 Å². The van der Waals surface area contributed by atoms with Crippen LogP contribution >= 0.6 is 0 Å². The Hall–Kier alpha value is -2.58. The molecule has 21 heavy (non-hydrogen) atoms. The summed E-state index contributed by atoms with van der Waals surface area (Å²) >= 11 is 0. The van der Waals surface area contributed by atoms with Crippen molar-refractivity contribution >= 4 is 17.1 Å². The van der Waals surface area contributed by atoms with Crippen molar-refractivity contribution in [3.63, 3.8) is 0 Å². The molecule has 3 aromatic carbocycles. The Bertz CT molecular complexity index is 654. The van der Waals surface area contributed by atoms with Gasteiger partial charge in [-0.2, -0.15) is 0 Å². The van der Waals surface area contributed by atoms with E-state index in [9.17, 15) is 0 Å². The molecule has 0 unspecified atom stereocenters. The predicted molar refractivity (Wildman–Crippen MR) is 87.9 cm³/mol. The molecule has 0 bridgehead atoms. The molecule has 0 aliphatic carbocycles. The van der Waals surface area contributed by atoms with Crippen molar-refractivity contribution in [2.24, 2.45) is 5.73 Å². The van der Waals surface area contributed by atoms with Crippen LogP contribution in [0.3, 0.4) is 0 Å². The number of rotatable bonds is 4. The highest BCUT2D eigenvalue weighted by Gasteiger charge is 2.11. The molecule has 2 N–H and O–H groups in total. The van der Waals surface area contributed by atoms with E-state index < -0.39 is 0 Å². The second kappa shape index (κ2) is 6.25. The Balaban J connectivity index is 2.12.